The van der Waals surface area contributed by atoms with Gasteiger partial charge in [-0.25, -0.2) is 8.78 Å². The molecule has 2 N–H and O–H groups in total. The average molecular weight is 244 g/mol. The molecule has 0 aliphatic carbocycles. The largest absolute Gasteiger partial charge is 0.319 e. The highest BCUT2D eigenvalue weighted by atomic mass is 35.5. The van der Waals surface area contributed by atoms with Crippen LogP contribution in [0.5, 0.6) is 0 Å². The second kappa shape index (κ2) is 5.23. The molecule has 86 valence electrons. The van der Waals surface area contributed by atoms with Crippen LogP contribution in [0.2, 0.25) is 0 Å². The van der Waals surface area contributed by atoms with Gasteiger partial charge in [0.1, 0.15) is 0 Å². The summed E-state index contributed by atoms with van der Waals surface area (Å²) in [7, 11) is 0. The molecule has 2 aromatic carbocycles. The van der Waals surface area contributed by atoms with E-state index < -0.39 is 12.5 Å². The minimum absolute atomic E-state index is 0. The van der Waals surface area contributed by atoms with E-state index in [2.05, 4.69) is 0 Å². The highest BCUT2D eigenvalue weighted by Gasteiger charge is 2.17. The Morgan fingerprint density at radius 1 is 0.938 bits per heavy atom. The van der Waals surface area contributed by atoms with Crippen molar-refractivity contribution in [3.8, 4) is 0 Å². The second-order valence-electron chi connectivity index (χ2n) is 3.47. The van der Waals surface area contributed by atoms with E-state index in [1.54, 1.807) is 12.1 Å². The number of alkyl halides is 2. The maximum Gasteiger partial charge on any atom is 0.257 e. The molecule has 16 heavy (non-hydrogen) atoms. The molecule has 0 aliphatic rings. The quantitative estimate of drug-likeness (QED) is 0.858. The van der Waals surface area contributed by atoms with E-state index in [0.717, 1.165) is 10.8 Å². The lowest BCUT2D eigenvalue weighted by Gasteiger charge is -2.11. The predicted molar refractivity (Wildman–Crippen MR) is 64.1 cm³/mol. The first-order chi connectivity index (χ1) is 7.18. The van der Waals surface area contributed by atoms with Crippen LogP contribution in [-0.2, 0) is 0 Å². The second-order valence-corrected chi connectivity index (χ2v) is 3.47. The molecule has 0 spiro atoms. The number of benzene rings is 2. The lowest BCUT2D eigenvalue weighted by Crippen LogP contribution is -2.18. The maximum absolute atomic E-state index is 12.4. The summed E-state index contributed by atoms with van der Waals surface area (Å²) >= 11 is 0. The van der Waals surface area contributed by atoms with Gasteiger partial charge in [-0.2, -0.15) is 0 Å². The summed E-state index contributed by atoms with van der Waals surface area (Å²) in [6, 6.07) is 11.6. The van der Waals surface area contributed by atoms with Crippen LogP contribution in [0.15, 0.2) is 42.5 Å². The minimum atomic E-state index is -2.52. The van der Waals surface area contributed by atoms with Gasteiger partial charge in [-0.05, 0) is 22.4 Å². The van der Waals surface area contributed by atoms with E-state index in [4.69, 9.17) is 5.73 Å². The van der Waals surface area contributed by atoms with Gasteiger partial charge in [0.05, 0.1) is 6.04 Å². The number of fused-ring (bicyclic) bond motifs is 1. The van der Waals surface area contributed by atoms with Gasteiger partial charge in [0, 0.05) is 0 Å². The van der Waals surface area contributed by atoms with E-state index in [9.17, 15) is 8.78 Å². The van der Waals surface area contributed by atoms with Gasteiger partial charge in [-0.15, -0.1) is 12.4 Å². The fraction of sp³-hybridized carbons (Fsp3) is 0.167. The van der Waals surface area contributed by atoms with Gasteiger partial charge in [0.25, 0.3) is 6.43 Å². The molecule has 2 aromatic rings. The van der Waals surface area contributed by atoms with E-state index in [1.165, 1.54) is 0 Å². The van der Waals surface area contributed by atoms with Gasteiger partial charge >= 0.3 is 0 Å². The Kier molecular flexibility index (Phi) is 4.21. The number of halogens is 3. The smallest absolute Gasteiger partial charge is 0.257 e. The summed E-state index contributed by atoms with van der Waals surface area (Å²) in [5, 5.41) is 1.97. The normalized spacial score (nSPS) is 12.5. The van der Waals surface area contributed by atoms with Crippen LogP contribution < -0.4 is 5.73 Å². The molecule has 2 rings (SSSR count). The van der Waals surface area contributed by atoms with Gasteiger partial charge in [0.2, 0.25) is 0 Å². The first-order valence-electron chi connectivity index (χ1n) is 4.71. The number of hydrogen-bond acceptors (Lipinski definition) is 1. The first-order valence-corrected chi connectivity index (χ1v) is 4.71. The molecule has 0 bridgehead atoms. The highest BCUT2D eigenvalue weighted by Crippen LogP contribution is 2.22. The summed E-state index contributed by atoms with van der Waals surface area (Å²) < 4.78 is 24.8. The lowest BCUT2D eigenvalue weighted by atomic mass is 10.0. The molecule has 1 atom stereocenters. The van der Waals surface area contributed by atoms with Crippen molar-refractivity contribution in [3.05, 3.63) is 48.0 Å². The van der Waals surface area contributed by atoms with Crippen molar-refractivity contribution in [1.82, 2.24) is 0 Å². The van der Waals surface area contributed by atoms with E-state index in [1.807, 2.05) is 30.3 Å². The first kappa shape index (κ1) is 12.9. The maximum atomic E-state index is 12.4. The van der Waals surface area contributed by atoms with Crippen LogP contribution >= 0.6 is 12.4 Å². The van der Waals surface area contributed by atoms with Crippen molar-refractivity contribution in [2.75, 3.05) is 0 Å². The van der Waals surface area contributed by atoms with Gasteiger partial charge in [-0.1, -0.05) is 36.4 Å². The molecule has 4 heteroatoms. The molecule has 0 unspecified atom stereocenters. The number of rotatable bonds is 2. The van der Waals surface area contributed by atoms with E-state index >= 15 is 0 Å². The van der Waals surface area contributed by atoms with E-state index in [0.29, 0.717) is 5.56 Å². The summed E-state index contributed by atoms with van der Waals surface area (Å²) in [4.78, 5) is 0. The molecule has 1 nitrogen and oxygen atoms in total. The van der Waals surface area contributed by atoms with Crippen molar-refractivity contribution < 1.29 is 8.78 Å². The molecule has 0 heterocycles. The highest BCUT2D eigenvalue weighted by molar-refractivity contribution is 5.85. The van der Waals surface area contributed by atoms with Crippen LogP contribution in [0, 0.1) is 0 Å². The van der Waals surface area contributed by atoms with Crippen LogP contribution in [-0.4, -0.2) is 6.43 Å². The lowest BCUT2D eigenvalue weighted by molar-refractivity contribution is 0.116. The predicted octanol–water partition coefficient (Wildman–Crippen LogP) is 3.53. The summed E-state index contributed by atoms with van der Waals surface area (Å²) in [6.07, 6.45) is -2.52. The average Bonchev–Trinajstić information content (AvgIpc) is 2.27. The van der Waals surface area contributed by atoms with Crippen molar-refractivity contribution in [2.24, 2.45) is 5.73 Å². The standard InChI is InChI=1S/C12H11F2N.ClH/c13-12(14)11(15)10-6-5-8-3-1-2-4-9(8)7-10;/h1-7,11-12H,15H2;1H/t11-;/m0./s1. The fourth-order valence-electron chi connectivity index (χ4n) is 1.56. The Morgan fingerprint density at radius 3 is 2.19 bits per heavy atom. The molecule has 0 aromatic heterocycles. The van der Waals surface area contributed by atoms with Gasteiger partial charge < -0.3 is 5.73 Å². The minimum Gasteiger partial charge on any atom is -0.319 e. The molecule has 0 amide bonds. The van der Waals surface area contributed by atoms with E-state index in [-0.39, 0.29) is 12.4 Å². The van der Waals surface area contributed by atoms with Gasteiger partial charge in [0.15, 0.2) is 0 Å². The van der Waals surface area contributed by atoms with Crippen molar-refractivity contribution in [1.29, 1.82) is 0 Å². The van der Waals surface area contributed by atoms with Crippen molar-refractivity contribution in [3.63, 3.8) is 0 Å². The third-order valence-electron chi connectivity index (χ3n) is 2.43. The summed E-state index contributed by atoms with van der Waals surface area (Å²) in [5.41, 5.74) is 5.85. The van der Waals surface area contributed by atoms with Crippen LogP contribution in [0.1, 0.15) is 11.6 Å². The topological polar surface area (TPSA) is 26.0 Å². The Hall–Kier alpha value is -1.19. The monoisotopic (exact) mass is 243 g/mol. The molecular formula is C12H12ClF2N. The zero-order chi connectivity index (χ0) is 10.8. The van der Waals surface area contributed by atoms with Crippen molar-refractivity contribution in [2.45, 2.75) is 12.5 Å². The summed E-state index contributed by atoms with van der Waals surface area (Å²) in [5.74, 6) is 0. The Morgan fingerprint density at radius 2 is 1.56 bits per heavy atom. The van der Waals surface area contributed by atoms with Crippen LogP contribution in [0.3, 0.4) is 0 Å². The zero-order valence-corrected chi connectivity index (χ0v) is 9.25. The van der Waals surface area contributed by atoms with Crippen LogP contribution in [0.25, 0.3) is 10.8 Å². The Bertz CT molecular complexity index is 473. The van der Waals surface area contributed by atoms with Crippen molar-refractivity contribution >= 4 is 23.2 Å². The SMILES string of the molecule is Cl.N[C@@H](c1ccc2ccccc2c1)C(F)F. The zero-order valence-electron chi connectivity index (χ0n) is 8.44. The molecule has 0 saturated heterocycles. The molecular weight excluding hydrogens is 232 g/mol. The third kappa shape index (κ3) is 2.49. The molecule has 0 saturated carbocycles. The fourth-order valence-corrected chi connectivity index (χ4v) is 1.56. The molecule has 0 aliphatic heterocycles. The third-order valence-corrected chi connectivity index (χ3v) is 2.43. The molecule has 0 radical (unpaired) electrons. The van der Waals surface area contributed by atoms with Gasteiger partial charge in [-0.3, -0.25) is 0 Å². The Balaban J connectivity index is 0.00000128. The summed E-state index contributed by atoms with van der Waals surface area (Å²) in [6.45, 7) is 0. The number of nitrogens with two attached hydrogens (primary N) is 1. The Labute approximate surface area is 98.7 Å². The number of hydrogen-bond donors (Lipinski definition) is 1. The van der Waals surface area contributed by atoms with Crippen LogP contribution in [0.4, 0.5) is 8.78 Å². The molecule has 0 fully saturated rings.